The molecule has 2 atom stereocenters. The second-order valence-electron chi connectivity index (χ2n) is 5.18. The highest BCUT2D eigenvalue weighted by atomic mass is 16.5. The summed E-state index contributed by atoms with van der Waals surface area (Å²) in [4.78, 5) is 12.5. The normalized spacial score (nSPS) is 13.4. The molecule has 0 amide bonds. The Labute approximate surface area is 131 Å². The molecule has 3 nitrogen and oxygen atoms in total. The summed E-state index contributed by atoms with van der Waals surface area (Å²) in [5.74, 6) is -0.317. The first-order valence-electron chi connectivity index (χ1n) is 7.55. The van der Waals surface area contributed by atoms with Gasteiger partial charge < -0.3 is 9.47 Å². The van der Waals surface area contributed by atoms with Gasteiger partial charge in [-0.25, -0.2) is 4.79 Å². The van der Waals surface area contributed by atoms with E-state index in [4.69, 9.17) is 9.47 Å². The SMILES string of the molecule is CCC(OC)c1ccccc1C(=O)OC(C)c1ccccc1. The standard InChI is InChI=1S/C19H22O3/c1-4-18(21-3)16-12-8-9-13-17(16)19(20)22-14(2)15-10-6-5-7-11-15/h5-14,18H,4H2,1-3H3. The van der Waals surface area contributed by atoms with Crippen molar-refractivity contribution in [3.63, 3.8) is 0 Å². The van der Waals surface area contributed by atoms with Gasteiger partial charge in [0.15, 0.2) is 0 Å². The van der Waals surface area contributed by atoms with Crippen LogP contribution in [0, 0.1) is 0 Å². The monoisotopic (exact) mass is 298 g/mol. The lowest BCUT2D eigenvalue weighted by atomic mass is 10.0. The molecule has 0 aromatic heterocycles. The van der Waals surface area contributed by atoms with Crippen LogP contribution in [0.25, 0.3) is 0 Å². The Kier molecular flexibility index (Phi) is 5.73. The average molecular weight is 298 g/mol. The molecule has 2 rings (SSSR count). The molecule has 22 heavy (non-hydrogen) atoms. The third-order valence-corrected chi connectivity index (χ3v) is 3.74. The van der Waals surface area contributed by atoms with Crippen molar-refractivity contribution in [3.05, 3.63) is 71.3 Å². The van der Waals surface area contributed by atoms with Crippen LogP contribution in [0.4, 0.5) is 0 Å². The Morgan fingerprint density at radius 2 is 1.68 bits per heavy atom. The molecule has 0 aliphatic rings. The van der Waals surface area contributed by atoms with Crippen LogP contribution in [0.5, 0.6) is 0 Å². The molecule has 2 aromatic rings. The van der Waals surface area contributed by atoms with Gasteiger partial charge in [0, 0.05) is 7.11 Å². The molecule has 0 fully saturated rings. The lowest BCUT2D eigenvalue weighted by molar-refractivity contribution is 0.0326. The molecule has 0 saturated heterocycles. The summed E-state index contributed by atoms with van der Waals surface area (Å²) in [6.45, 7) is 3.91. The van der Waals surface area contributed by atoms with Crippen LogP contribution in [0.1, 0.15) is 54.0 Å². The molecule has 0 aliphatic carbocycles. The predicted molar refractivity (Wildman–Crippen MR) is 86.8 cm³/mol. The first-order chi connectivity index (χ1) is 10.7. The average Bonchev–Trinajstić information content (AvgIpc) is 2.57. The van der Waals surface area contributed by atoms with Gasteiger partial charge in [-0.15, -0.1) is 0 Å². The van der Waals surface area contributed by atoms with Crippen LogP contribution >= 0.6 is 0 Å². The number of methoxy groups -OCH3 is 1. The summed E-state index contributed by atoms with van der Waals surface area (Å²) in [7, 11) is 1.66. The van der Waals surface area contributed by atoms with Crippen molar-refractivity contribution in [2.24, 2.45) is 0 Å². The van der Waals surface area contributed by atoms with E-state index in [2.05, 4.69) is 0 Å². The van der Waals surface area contributed by atoms with Gasteiger partial charge in [-0.3, -0.25) is 0 Å². The van der Waals surface area contributed by atoms with Crippen molar-refractivity contribution < 1.29 is 14.3 Å². The number of ether oxygens (including phenoxy) is 2. The lowest BCUT2D eigenvalue weighted by Crippen LogP contribution is -2.13. The molecule has 3 heteroatoms. The van der Waals surface area contributed by atoms with Crippen molar-refractivity contribution >= 4 is 5.97 Å². The molecule has 0 spiro atoms. The van der Waals surface area contributed by atoms with Gasteiger partial charge in [-0.1, -0.05) is 55.5 Å². The highest BCUT2D eigenvalue weighted by molar-refractivity contribution is 5.91. The minimum absolute atomic E-state index is 0.101. The first kappa shape index (κ1) is 16.2. The first-order valence-corrected chi connectivity index (χ1v) is 7.55. The third kappa shape index (κ3) is 3.74. The number of hydrogen-bond donors (Lipinski definition) is 0. The maximum absolute atomic E-state index is 12.5. The molecule has 0 heterocycles. The van der Waals surface area contributed by atoms with Gasteiger partial charge in [0.25, 0.3) is 0 Å². The number of rotatable bonds is 6. The van der Waals surface area contributed by atoms with Gasteiger partial charge in [0.2, 0.25) is 0 Å². The van der Waals surface area contributed by atoms with Crippen molar-refractivity contribution in [1.82, 2.24) is 0 Å². The number of hydrogen-bond acceptors (Lipinski definition) is 3. The maximum atomic E-state index is 12.5. The van der Waals surface area contributed by atoms with Gasteiger partial charge >= 0.3 is 5.97 Å². The summed E-state index contributed by atoms with van der Waals surface area (Å²) in [6, 6.07) is 17.2. The molecule has 116 valence electrons. The van der Waals surface area contributed by atoms with E-state index in [1.165, 1.54) is 0 Å². The van der Waals surface area contributed by atoms with E-state index in [0.717, 1.165) is 17.5 Å². The zero-order valence-electron chi connectivity index (χ0n) is 13.3. The lowest BCUT2D eigenvalue weighted by Gasteiger charge is -2.19. The zero-order valence-corrected chi connectivity index (χ0v) is 13.3. The highest BCUT2D eigenvalue weighted by Gasteiger charge is 2.20. The van der Waals surface area contributed by atoms with E-state index in [9.17, 15) is 4.79 Å². The van der Waals surface area contributed by atoms with Crippen LogP contribution in [-0.4, -0.2) is 13.1 Å². The van der Waals surface area contributed by atoms with E-state index >= 15 is 0 Å². The molecular formula is C19H22O3. The fourth-order valence-corrected chi connectivity index (χ4v) is 2.49. The fourth-order valence-electron chi connectivity index (χ4n) is 2.49. The number of carbonyl (C=O) groups excluding carboxylic acids is 1. The summed E-state index contributed by atoms with van der Waals surface area (Å²) in [5, 5.41) is 0. The fraction of sp³-hybridized carbons (Fsp3) is 0.316. The van der Waals surface area contributed by atoms with Crippen molar-refractivity contribution in [3.8, 4) is 0 Å². The molecule has 0 saturated carbocycles. The zero-order chi connectivity index (χ0) is 15.9. The van der Waals surface area contributed by atoms with E-state index < -0.39 is 0 Å². The largest absolute Gasteiger partial charge is 0.454 e. The second-order valence-corrected chi connectivity index (χ2v) is 5.18. The number of esters is 1. The highest BCUT2D eigenvalue weighted by Crippen LogP contribution is 2.26. The summed E-state index contributed by atoms with van der Waals surface area (Å²) >= 11 is 0. The molecule has 0 N–H and O–H groups in total. The van der Waals surface area contributed by atoms with Crippen LogP contribution < -0.4 is 0 Å². The van der Waals surface area contributed by atoms with Crippen molar-refractivity contribution in [1.29, 1.82) is 0 Å². The maximum Gasteiger partial charge on any atom is 0.339 e. The molecule has 2 aromatic carbocycles. The van der Waals surface area contributed by atoms with E-state index in [1.54, 1.807) is 13.2 Å². The molecule has 0 radical (unpaired) electrons. The van der Waals surface area contributed by atoms with Crippen molar-refractivity contribution in [2.75, 3.05) is 7.11 Å². The molecule has 0 aliphatic heterocycles. The van der Waals surface area contributed by atoms with Crippen LogP contribution in [0.2, 0.25) is 0 Å². The molecule has 2 unspecified atom stereocenters. The smallest absolute Gasteiger partial charge is 0.339 e. The van der Waals surface area contributed by atoms with Gasteiger partial charge in [0.1, 0.15) is 6.10 Å². The summed E-state index contributed by atoms with van der Waals surface area (Å²) in [6.07, 6.45) is 0.412. The van der Waals surface area contributed by atoms with Crippen LogP contribution in [-0.2, 0) is 9.47 Å². The minimum Gasteiger partial charge on any atom is -0.454 e. The topological polar surface area (TPSA) is 35.5 Å². The Balaban J connectivity index is 2.20. The predicted octanol–water partition coefficient (Wildman–Crippen LogP) is 4.70. The molecular weight excluding hydrogens is 276 g/mol. The van der Waals surface area contributed by atoms with E-state index in [-0.39, 0.29) is 18.2 Å². The van der Waals surface area contributed by atoms with E-state index in [1.807, 2.05) is 62.4 Å². The third-order valence-electron chi connectivity index (χ3n) is 3.74. The number of carbonyl (C=O) groups is 1. The second kappa shape index (κ2) is 7.76. The van der Waals surface area contributed by atoms with Gasteiger partial charge in [-0.05, 0) is 30.5 Å². The Bertz CT molecular complexity index is 603. The minimum atomic E-state index is -0.317. The Morgan fingerprint density at radius 3 is 2.32 bits per heavy atom. The van der Waals surface area contributed by atoms with Crippen LogP contribution in [0.3, 0.4) is 0 Å². The van der Waals surface area contributed by atoms with Gasteiger partial charge in [-0.2, -0.15) is 0 Å². The Morgan fingerprint density at radius 1 is 1.05 bits per heavy atom. The quantitative estimate of drug-likeness (QED) is 0.725. The van der Waals surface area contributed by atoms with E-state index in [0.29, 0.717) is 5.56 Å². The summed E-state index contributed by atoms with van der Waals surface area (Å²) in [5.41, 5.74) is 2.42. The van der Waals surface area contributed by atoms with Crippen LogP contribution in [0.15, 0.2) is 54.6 Å². The Hall–Kier alpha value is -2.13. The van der Waals surface area contributed by atoms with Gasteiger partial charge in [0.05, 0.1) is 11.7 Å². The van der Waals surface area contributed by atoms with Crippen molar-refractivity contribution in [2.45, 2.75) is 32.5 Å². The summed E-state index contributed by atoms with van der Waals surface area (Å²) < 4.78 is 11.1. The number of benzene rings is 2. The molecule has 0 bridgehead atoms.